The fourth-order valence-corrected chi connectivity index (χ4v) is 3.54. The summed E-state index contributed by atoms with van der Waals surface area (Å²) in [5.41, 5.74) is 0.201. The Bertz CT molecular complexity index is 239. The number of likely N-dealkylation sites (tertiary alicyclic amines) is 1. The highest BCUT2D eigenvalue weighted by atomic mass is 16.5. The lowest BCUT2D eigenvalue weighted by Crippen LogP contribution is -2.46. The molecule has 1 N–H and O–H groups in total. The van der Waals surface area contributed by atoms with E-state index in [1.807, 2.05) is 0 Å². The van der Waals surface area contributed by atoms with Gasteiger partial charge in [0.25, 0.3) is 0 Å². The highest BCUT2D eigenvalue weighted by Gasteiger charge is 2.36. The van der Waals surface area contributed by atoms with Gasteiger partial charge in [-0.3, -0.25) is 0 Å². The van der Waals surface area contributed by atoms with Crippen LogP contribution in [0.25, 0.3) is 0 Å². The molecule has 0 bridgehead atoms. The molecule has 2 fully saturated rings. The molecule has 0 aromatic rings. The maximum atomic E-state index is 9.70. The standard InChI is InChI=1S/C15H29NO2/c1-2-10-18-14-6-5-9-16(11-14)12-15(13-17)7-3-4-8-15/h14,17H,2-13H2,1H3. The average molecular weight is 255 g/mol. The number of piperidine rings is 1. The monoisotopic (exact) mass is 255 g/mol. The van der Waals surface area contributed by atoms with Crippen LogP contribution in [-0.2, 0) is 4.74 Å². The van der Waals surface area contributed by atoms with Gasteiger partial charge in [-0.25, -0.2) is 0 Å². The van der Waals surface area contributed by atoms with Gasteiger partial charge >= 0.3 is 0 Å². The number of aliphatic hydroxyl groups is 1. The smallest absolute Gasteiger partial charge is 0.0702 e. The van der Waals surface area contributed by atoms with Gasteiger partial charge in [-0.05, 0) is 38.6 Å². The Hall–Kier alpha value is -0.120. The maximum Gasteiger partial charge on any atom is 0.0702 e. The highest BCUT2D eigenvalue weighted by molar-refractivity contribution is 4.88. The molecule has 1 unspecified atom stereocenters. The van der Waals surface area contributed by atoms with Crippen LogP contribution >= 0.6 is 0 Å². The van der Waals surface area contributed by atoms with Gasteiger partial charge in [-0.2, -0.15) is 0 Å². The van der Waals surface area contributed by atoms with Gasteiger partial charge < -0.3 is 14.7 Å². The van der Waals surface area contributed by atoms with Crippen LogP contribution in [0.2, 0.25) is 0 Å². The maximum absolute atomic E-state index is 9.70. The van der Waals surface area contributed by atoms with Crippen LogP contribution in [0.4, 0.5) is 0 Å². The van der Waals surface area contributed by atoms with Gasteiger partial charge in [0, 0.05) is 31.7 Å². The normalized spacial score (nSPS) is 28.7. The van der Waals surface area contributed by atoms with E-state index in [0.29, 0.717) is 12.7 Å². The molecule has 1 saturated heterocycles. The molecule has 1 saturated carbocycles. The Kier molecular flexibility index (Phi) is 5.46. The summed E-state index contributed by atoms with van der Waals surface area (Å²) >= 11 is 0. The van der Waals surface area contributed by atoms with Gasteiger partial charge in [0.05, 0.1) is 6.10 Å². The lowest BCUT2D eigenvalue weighted by atomic mass is 9.86. The molecule has 1 heterocycles. The van der Waals surface area contributed by atoms with E-state index in [9.17, 15) is 5.11 Å². The molecule has 106 valence electrons. The third-order valence-corrected chi connectivity index (χ3v) is 4.58. The first-order chi connectivity index (χ1) is 8.78. The SMILES string of the molecule is CCCOC1CCCN(CC2(CO)CCCC2)C1. The largest absolute Gasteiger partial charge is 0.396 e. The number of ether oxygens (including phenoxy) is 1. The summed E-state index contributed by atoms with van der Waals surface area (Å²) in [6, 6.07) is 0. The lowest BCUT2D eigenvalue weighted by Gasteiger charge is -2.38. The van der Waals surface area contributed by atoms with E-state index in [4.69, 9.17) is 4.74 Å². The number of aliphatic hydroxyl groups excluding tert-OH is 1. The van der Waals surface area contributed by atoms with Crippen LogP contribution in [0.1, 0.15) is 51.9 Å². The van der Waals surface area contributed by atoms with Crippen LogP contribution in [0.3, 0.4) is 0 Å². The third-order valence-electron chi connectivity index (χ3n) is 4.58. The predicted octanol–water partition coefficient (Wildman–Crippen LogP) is 2.43. The Morgan fingerprint density at radius 2 is 2.06 bits per heavy atom. The first kappa shape index (κ1) is 14.3. The average Bonchev–Trinajstić information content (AvgIpc) is 2.86. The summed E-state index contributed by atoms with van der Waals surface area (Å²) in [7, 11) is 0. The molecule has 3 nitrogen and oxygen atoms in total. The van der Waals surface area contributed by atoms with Crippen molar-refractivity contribution in [3.63, 3.8) is 0 Å². The Morgan fingerprint density at radius 1 is 1.28 bits per heavy atom. The zero-order valence-electron chi connectivity index (χ0n) is 11.9. The Balaban J connectivity index is 1.81. The number of rotatable bonds is 6. The molecule has 0 aromatic heterocycles. The Labute approximate surface area is 112 Å². The molecule has 1 atom stereocenters. The predicted molar refractivity (Wildman–Crippen MR) is 73.7 cm³/mol. The van der Waals surface area contributed by atoms with Gasteiger partial charge in [0.15, 0.2) is 0 Å². The molecule has 0 radical (unpaired) electrons. The van der Waals surface area contributed by atoms with Crippen molar-refractivity contribution in [2.24, 2.45) is 5.41 Å². The van der Waals surface area contributed by atoms with Crippen molar-refractivity contribution in [2.45, 2.75) is 58.0 Å². The fraction of sp³-hybridized carbons (Fsp3) is 1.00. The minimum absolute atomic E-state index is 0.201. The molecule has 2 rings (SSSR count). The van der Waals surface area contributed by atoms with Gasteiger partial charge in [-0.15, -0.1) is 0 Å². The fourth-order valence-electron chi connectivity index (χ4n) is 3.54. The number of hydrogen-bond donors (Lipinski definition) is 1. The quantitative estimate of drug-likeness (QED) is 0.791. The van der Waals surface area contributed by atoms with Crippen LogP contribution in [0.15, 0.2) is 0 Å². The van der Waals surface area contributed by atoms with Crippen molar-refractivity contribution in [3.05, 3.63) is 0 Å². The summed E-state index contributed by atoms with van der Waals surface area (Å²) in [5.74, 6) is 0. The molecule has 18 heavy (non-hydrogen) atoms. The summed E-state index contributed by atoms with van der Waals surface area (Å²) in [5, 5.41) is 9.70. The molecular formula is C15H29NO2. The summed E-state index contributed by atoms with van der Waals surface area (Å²) in [6.07, 6.45) is 9.00. The second kappa shape index (κ2) is 6.88. The summed E-state index contributed by atoms with van der Waals surface area (Å²) < 4.78 is 5.89. The first-order valence-electron chi connectivity index (χ1n) is 7.73. The van der Waals surface area contributed by atoms with Crippen LogP contribution < -0.4 is 0 Å². The minimum atomic E-state index is 0.201. The zero-order valence-corrected chi connectivity index (χ0v) is 11.9. The van der Waals surface area contributed by atoms with Crippen molar-refractivity contribution in [1.82, 2.24) is 4.90 Å². The van der Waals surface area contributed by atoms with Crippen LogP contribution in [-0.4, -0.2) is 49.0 Å². The van der Waals surface area contributed by atoms with Gasteiger partial charge in [0.1, 0.15) is 0 Å². The third kappa shape index (κ3) is 3.69. The van der Waals surface area contributed by atoms with Crippen molar-refractivity contribution in [3.8, 4) is 0 Å². The van der Waals surface area contributed by atoms with E-state index in [-0.39, 0.29) is 5.41 Å². The molecule has 3 heteroatoms. The van der Waals surface area contributed by atoms with E-state index in [2.05, 4.69) is 11.8 Å². The molecular weight excluding hydrogens is 226 g/mol. The van der Waals surface area contributed by atoms with Gasteiger partial charge in [0.2, 0.25) is 0 Å². The van der Waals surface area contributed by atoms with E-state index in [1.54, 1.807) is 0 Å². The first-order valence-corrected chi connectivity index (χ1v) is 7.73. The van der Waals surface area contributed by atoms with E-state index in [1.165, 1.54) is 45.1 Å². The van der Waals surface area contributed by atoms with E-state index < -0.39 is 0 Å². The van der Waals surface area contributed by atoms with Crippen molar-refractivity contribution in [2.75, 3.05) is 32.8 Å². The lowest BCUT2D eigenvalue weighted by molar-refractivity contribution is -0.0184. The van der Waals surface area contributed by atoms with Crippen LogP contribution in [0, 0.1) is 5.41 Å². The van der Waals surface area contributed by atoms with Crippen molar-refractivity contribution >= 4 is 0 Å². The molecule has 0 amide bonds. The molecule has 0 spiro atoms. The zero-order chi connectivity index (χ0) is 12.8. The number of nitrogens with zero attached hydrogens (tertiary/aromatic N) is 1. The second-order valence-corrected chi connectivity index (χ2v) is 6.24. The van der Waals surface area contributed by atoms with Gasteiger partial charge in [-0.1, -0.05) is 19.8 Å². The van der Waals surface area contributed by atoms with Crippen LogP contribution in [0.5, 0.6) is 0 Å². The van der Waals surface area contributed by atoms with E-state index in [0.717, 1.165) is 26.1 Å². The summed E-state index contributed by atoms with van der Waals surface area (Å²) in [6.45, 7) is 6.76. The summed E-state index contributed by atoms with van der Waals surface area (Å²) in [4.78, 5) is 2.53. The minimum Gasteiger partial charge on any atom is -0.396 e. The second-order valence-electron chi connectivity index (χ2n) is 6.24. The molecule has 2 aliphatic rings. The topological polar surface area (TPSA) is 32.7 Å². The Morgan fingerprint density at radius 3 is 2.72 bits per heavy atom. The van der Waals surface area contributed by atoms with Crippen molar-refractivity contribution < 1.29 is 9.84 Å². The molecule has 1 aliphatic carbocycles. The number of hydrogen-bond acceptors (Lipinski definition) is 3. The molecule has 1 aliphatic heterocycles. The highest BCUT2D eigenvalue weighted by Crippen LogP contribution is 2.38. The van der Waals surface area contributed by atoms with Crippen molar-refractivity contribution in [1.29, 1.82) is 0 Å². The molecule has 0 aromatic carbocycles. The van der Waals surface area contributed by atoms with E-state index >= 15 is 0 Å².